The Labute approximate surface area is 196 Å². The molecule has 2 heterocycles. The molecule has 34 heavy (non-hydrogen) atoms. The van der Waals surface area contributed by atoms with Gasteiger partial charge >= 0.3 is 5.97 Å². The van der Waals surface area contributed by atoms with E-state index in [1.807, 2.05) is 59.4 Å². The van der Waals surface area contributed by atoms with E-state index in [1.54, 1.807) is 6.07 Å². The number of aliphatic carboxylic acids is 1. The fourth-order valence-corrected chi connectivity index (χ4v) is 4.02. The molecule has 0 fully saturated rings. The summed E-state index contributed by atoms with van der Waals surface area (Å²) >= 11 is 0. The first-order chi connectivity index (χ1) is 16.7. The number of carboxylic acid groups (broad SMARTS) is 1. The zero-order chi connectivity index (χ0) is 23.3. The van der Waals surface area contributed by atoms with Gasteiger partial charge in [-0.15, -0.1) is 0 Å². The molecule has 0 saturated carbocycles. The number of aromatic nitrogens is 3. The number of hydrogen-bond acceptors (Lipinski definition) is 5. The Hall–Kier alpha value is -4.39. The maximum atomic E-state index is 11.3. The number of nitrogens with zero attached hydrogens (tertiary/aromatic N) is 3. The molecule has 0 radical (unpaired) electrons. The van der Waals surface area contributed by atoms with Gasteiger partial charge in [0, 0.05) is 17.4 Å². The van der Waals surface area contributed by atoms with Crippen LogP contribution in [0.1, 0.15) is 34.7 Å². The topological polar surface area (TPSA) is 90.4 Å². The van der Waals surface area contributed by atoms with Crippen LogP contribution in [0.15, 0.2) is 95.8 Å². The number of ether oxygens (including phenoxy) is 1. The molecule has 0 aliphatic rings. The first-order valence-corrected chi connectivity index (χ1v) is 11.0. The predicted octanol–water partition coefficient (Wildman–Crippen LogP) is 5.26. The summed E-state index contributed by atoms with van der Waals surface area (Å²) < 4.78 is 12.9. The second kappa shape index (κ2) is 9.62. The standard InChI is InChI=1S/C27H23N3O4/c31-27(32)15-24(25-12-13-34-29-25)21-8-10-23(11-9-21)33-18-20-6-7-22-16-28-30(26(22)14-20)17-19-4-2-1-3-5-19/h1-14,16,24H,15,17-18H2,(H,31,32)/t24-/m0/s1. The van der Waals surface area contributed by atoms with Crippen LogP contribution in [0.3, 0.4) is 0 Å². The van der Waals surface area contributed by atoms with Crippen molar-refractivity contribution in [3.8, 4) is 5.75 Å². The van der Waals surface area contributed by atoms with Crippen molar-refractivity contribution in [2.75, 3.05) is 0 Å². The lowest BCUT2D eigenvalue weighted by molar-refractivity contribution is -0.137. The predicted molar refractivity (Wildman–Crippen MR) is 127 cm³/mol. The summed E-state index contributed by atoms with van der Waals surface area (Å²) in [5, 5.41) is 18.8. The van der Waals surface area contributed by atoms with Gasteiger partial charge in [-0.05, 0) is 34.9 Å². The highest BCUT2D eigenvalue weighted by Gasteiger charge is 2.20. The number of benzene rings is 3. The molecule has 0 amide bonds. The highest BCUT2D eigenvalue weighted by Crippen LogP contribution is 2.28. The van der Waals surface area contributed by atoms with Crippen molar-refractivity contribution in [1.82, 2.24) is 14.9 Å². The van der Waals surface area contributed by atoms with Gasteiger partial charge in [-0.25, -0.2) is 0 Å². The van der Waals surface area contributed by atoms with Crippen molar-refractivity contribution in [2.24, 2.45) is 0 Å². The average Bonchev–Trinajstić information content (AvgIpc) is 3.53. The zero-order valence-electron chi connectivity index (χ0n) is 18.4. The minimum Gasteiger partial charge on any atom is -0.489 e. The minimum atomic E-state index is -0.893. The molecule has 2 aromatic heterocycles. The van der Waals surface area contributed by atoms with Crippen LogP contribution in [0.2, 0.25) is 0 Å². The summed E-state index contributed by atoms with van der Waals surface area (Å²) in [5.74, 6) is -0.566. The maximum absolute atomic E-state index is 11.3. The Morgan fingerprint density at radius 3 is 2.56 bits per heavy atom. The van der Waals surface area contributed by atoms with Gasteiger partial charge in [0.15, 0.2) is 0 Å². The Balaban J connectivity index is 1.28. The molecular weight excluding hydrogens is 430 g/mol. The average molecular weight is 453 g/mol. The van der Waals surface area contributed by atoms with Crippen LogP contribution in [-0.2, 0) is 17.9 Å². The first kappa shape index (κ1) is 21.5. The van der Waals surface area contributed by atoms with Crippen LogP contribution in [0.4, 0.5) is 0 Å². The van der Waals surface area contributed by atoms with Crippen molar-refractivity contribution in [3.05, 3.63) is 114 Å². The fourth-order valence-electron chi connectivity index (χ4n) is 4.02. The molecule has 5 rings (SSSR count). The van der Waals surface area contributed by atoms with Crippen molar-refractivity contribution < 1.29 is 19.2 Å². The van der Waals surface area contributed by atoms with Crippen LogP contribution < -0.4 is 4.74 Å². The molecule has 0 saturated heterocycles. The lowest BCUT2D eigenvalue weighted by atomic mass is 9.92. The van der Waals surface area contributed by atoms with Gasteiger partial charge in [0.25, 0.3) is 0 Å². The van der Waals surface area contributed by atoms with E-state index in [9.17, 15) is 9.90 Å². The van der Waals surface area contributed by atoms with E-state index in [0.717, 1.165) is 22.0 Å². The van der Waals surface area contributed by atoms with Crippen molar-refractivity contribution in [2.45, 2.75) is 25.5 Å². The van der Waals surface area contributed by atoms with Gasteiger partial charge in [-0.2, -0.15) is 5.10 Å². The second-order valence-electron chi connectivity index (χ2n) is 8.11. The van der Waals surface area contributed by atoms with E-state index >= 15 is 0 Å². The lowest BCUT2D eigenvalue weighted by Gasteiger charge is -2.13. The first-order valence-electron chi connectivity index (χ1n) is 11.0. The second-order valence-corrected chi connectivity index (χ2v) is 8.11. The molecule has 0 bridgehead atoms. The number of hydrogen-bond donors (Lipinski definition) is 1. The summed E-state index contributed by atoms with van der Waals surface area (Å²) in [6.45, 7) is 1.12. The molecule has 7 nitrogen and oxygen atoms in total. The van der Waals surface area contributed by atoms with Crippen LogP contribution in [0.5, 0.6) is 5.75 Å². The van der Waals surface area contributed by atoms with Gasteiger partial charge in [-0.1, -0.05) is 59.8 Å². The van der Waals surface area contributed by atoms with Crippen molar-refractivity contribution >= 4 is 16.9 Å². The summed E-state index contributed by atoms with van der Waals surface area (Å²) in [6, 6.07) is 25.6. The Kier molecular flexibility index (Phi) is 6.07. The maximum Gasteiger partial charge on any atom is 0.304 e. The molecule has 1 N–H and O–H groups in total. The number of fused-ring (bicyclic) bond motifs is 1. The SMILES string of the molecule is O=C(O)C[C@@H](c1ccc(OCc2ccc3cnn(Cc4ccccc4)c3c2)cc1)c1ccon1. The largest absolute Gasteiger partial charge is 0.489 e. The highest BCUT2D eigenvalue weighted by molar-refractivity contribution is 5.79. The molecule has 170 valence electrons. The van der Waals surface area contributed by atoms with E-state index in [0.29, 0.717) is 24.6 Å². The number of rotatable bonds is 9. The Morgan fingerprint density at radius 1 is 1.00 bits per heavy atom. The summed E-state index contributed by atoms with van der Waals surface area (Å²) in [5.41, 5.74) is 4.73. The summed E-state index contributed by atoms with van der Waals surface area (Å²) in [6.07, 6.45) is 3.26. The number of carboxylic acids is 1. The van der Waals surface area contributed by atoms with Gasteiger partial charge < -0.3 is 14.4 Å². The molecule has 7 heteroatoms. The Bertz CT molecular complexity index is 1380. The fraction of sp³-hybridized carbons (Fsp3) is 0.148. The molecule has 1 atom stereocenters. The third kappa shape index (κ3) is 4.83. The molecule has 0 unspecified atom stereocenters. The molecule has 0 spiro atoms. The third-order valence-electron chi connectivity index (χ3n) is 5.77. The van der Waals surface area contributed by atoms with Crippen LogP contribution in [0.25, 0.3) is 10.9 Å². The van der Waals surface area contributed by atoms with E-state index in [4.69, 9.17) is 9.26 Å². The lowest BCUT2D eigenvalue weighted by Crippen LogP contribution is -2.08. The monoisotopic (exact) mass is 453 g/mol. The number of carbonyl (C=O) groups is 1. The van der Waals surface area contributed by atoms with Gasteiger partial charge in [-0.3, -0.25) is 9.48 Å². The molecule has 3 aromatic carbocycles. The summed E-state index contributed by atoms with van der Waals surface area (Å²) in [7, 11) is 0. The van der Waals surface area contributed by atoms with Crippen LogP contribution >= 0.6 is 0 Å². The normalized spacial score (nSPS) is 12.0. The molecular formula is C27H23N3O4. The third-order valence-corrected chi connectivity index (χ3v) is 5.77. The highest BCUT2D eigenvalue weighted by atomic mass is 16.5. The molecule has 0 aliphatic carbocycles. The van der Waals surface area contributed by atoms with E-state index < -0.39 is 5.97 Å². The molecule has 0 aliphatic heterocycles. The van der Waals surface area contributed by atoms with E-state index in [2.05, 4.69) is 34.5 Å². The Morgan fingerprint density at radius 2 is 1.82 bits per heavy atom. The van der Waals surface area contributed by atoms with Gasteiger partial charge in [0.1, 0.15) is 18.6 Å². The van der Waals surface area contributed by atoms with E-state index in [-0.39, 0.29) is 12.3 Å². The quantitative estimate of drug-likeness (QED) is 0.327. The van der Waals surface area contributed by atoms with Gasteiger partial charge in [0.05, 0.1) is 30.4 Å². The zero-order valence-corrected chi connectivity index (χ0v) is 18.4. The smallest absolute Gasteiger partial charge is 0.304 e. The van der Waals surface area contributed by atoms with E-state index in [1.165, 1.54) is 11.8 Å². The summed E-state index contributed by atoms with van der Waals surface area (Å²) in [4.78, 5) is 11.3. The van der Waals surface area contributed by atoms with Crippen molar-refractivity contribution in [3.63, 3.8) is 0 Å². The van der Waals surface area contributed by atoms with Crippen LogP contribution in [-0.4, -0.2) is 26.0 Å². The van der Waals surface area contributed by atoms with Gasteiger partial charge in [0.2, 0.25) is 0 Å². The van der Waals surface area contributed by atoms with Crippen molar-refractivity contribution in [1.29, 1.82) is 0 Å². The van der Waals surface area contributed by atoms with Crippen LogP contribution in [0, 0.1) is 0 Å². The minimum absolute atomic E-state index is 0.0661. The molecule has 5 aromatic rings.